The molecule has 0 spiro atoms. The van der Waals surface area contributed by atoms with Crippen LogP contribution in [0.3, 0.4) is 0 Å². The Morgan fingerprint density at radius 2 is 2.04 bits per heavy atom. The number of carbonyl (C=O) groups excluding carboxylic acids is 2. The van der Waals surface area contributed by atoms with Crippen LogP contribution in [0.2, 0.25) is 0 Å². The Morgan fingerprint density at radius 1 is 1.15 bits per heavy atom. The number of rotatable bonds is 6. The first kappa shape index (κ1) is 18.1. The summed E-state index contributed by atoms with van der Waals surface area (Å²) < 4.78 is 0. The van der Waals surface area contributed by atoms with Crippen LogP contribution in [0.15, 0.2) is 48.7 Å². The van der Waals surface area contributed by atoms with Crippen molar-refractivity contribution in [3.63, 3.8) is 0 Å². The number of nitrogens with zero attached hydrogens (tertiary/aromatic N) is 1. The number of hydrogen-bond donors (Lipinski definition) is 3. The Labute approximate surface area is 153 Å². The fraction of sp³-hybridized carbons (Fsp3) is 0.350. The van der Waals surface area contributed by atoms with E-state index in [0.29, 0.717) is 30.4 Å². The first-order valence-electron chi connectivity index (χ1n) is 8.96. The number of nitrogens with two attached hydrogens (primary N) is 1. The summed E-state index contributed by atoms with van der Waals surface area (Å²) in [5.41, 5.74) is 7.72. The van der Waals surface area contributed by atoms with Gasteiger partial charge in [-0.25, -0.2) is 0 Å². The summed E-state index contributed by atoms with van der Waals surface area (Å²) in [5.74, 6) is 0.121. The molecule has 0 bridgehead atoms. The van der Waals surface area contributed by atoms with Crippen molar-refractivity contribution < 1.29 is 9.59 Å². The van der Waals surface area contributed by atoms with E-state index in [1.54, 1.807) is 24.4 Å². The van der Waals surface area contributed by atoms with E-state index in [-0.39, 0.29) is 17.7 Å². The van der Waals surface area contributed by atoms with Crippen LogP contribution < -0.4 is 16.4 Å². The fourth-order valence-electron chi connectivity index (χ4n) is 3.44. The van der Waals surface area contributed by atoms with Gasteiger partial charge in [-0.05, 0) is 55.1 Å². The summed E-state index contributed by atoms with van der Waals surface area (Å²) in [7, 11) is 0. The van der Waals surface area contributed by atoms with Gasteiger partial charge in [-0.1, -0.05) is 24.6 Å². The third-order valence-corrected chi connectivity index (χ3v) is 4.85. The van der Waals surface area contributed by atoms with Crippen LogP contribution in [0.25, 0.3) is 0 Å². The third-order valence-electron chi connectivity index (χ3n) is 4.85. The molecule has 1 saturated carbocycles. The minimum Gasteiger partial charge on any atom is -0.352 e. The van der Waals surface area contributed by atoms with E-state index in [9.17, 15) is 9.59 Å². The molecule has 0 radical (unpaired) electrons. The number of aromatic nitrogens is 1. The smallest absolute Gasteiger partial charge is 0.274 e. The van der Waals surface area contributed by atoms with Crippen LogP contribution in [0.1, 0.15) is 35.3 Å². The molecule has 0 unspecified atom stereocenters. The number of carbonyl (C=O) groups is 2. The molecule has 26 heavy (non-hydrogen) atoms. The Kier molecular flexibility index (Phi) is 5.96. The zero-order valence-corrected chi connectivity index (χ0v) is 14.7. The summed E-state index contributed by atoms with van der Waals surface area (Å²) in [6, 6.07) is 12.6. The van der Waals surface area contributed by atoms with Crippen molar-refractivity contribution in [2.24, 2.45) is 17.6 Å². The quantitative estimate of drug-likeness (QED) is 0.743. The van der Waals surface area contributed by atoms with Gasteiger partial charge in [0, 0.05) is 24.3 Å². The van der Waals surface area contributed by atoms with Crippen LogP contribution in [0.4, 0.5) is 5.69 Å². The first-order chi connectivity index (χ1) is 12.7. The normalized spacial score (nSPS) is 19.1. The molecule has 6 heteroatoms. The van der Waals surface area contributed by atoms with Crippen molar-refractivity contribution in [1.29, 1.82) is 0 Å². The van der Waals surface area contributed by atoms with Crippen LogP contribution in [-0.4, -0.2) is 23.3 Å². The first-order valence-corrected chi connectivity index (χ1v) is 8.96. The van der Waals surface area contributed by atoms with Gasteiger partial charge in [-0.3, -0.25) is 14.6 Å². The van der Waals surface area contributed by atoms with E-state index in [1.165, 1.54) is 0 Å². The van der Waals surface area contributed by atoms with Crippen molar-refractivity contribution in [2.45, 2.75) is 25.8 Å². The lowest BCUT2D eigenvalue weighted by atomic mass is 9.95. The Morgan fingerprint density at radius 3 is 2.81 bits per heavy atom. The molecule has 6 nitrogen and oxygen atoms in total. The zero-order valence-electron chi connectivity index (χ0n) is 14.7. The van der Waals surface area contributed by atoms with Gasteiger partial charge in [-0.15, -0.1) is 0 Å². The average Bonchev–Trinajstić information content (AvgIpc) is 3.16. The molecule has 0 aliphatic heterocycles. The van der Waals surface area contributed by atoms with E-state index < -0.39 is 0 Å². The molecular formula is C20H24N4O2. The van der Waals surface area contributed by atoms with Gasteiger partial charge in [0.05, 0.1) is 0 Å². The monoisotopic (exact) mass is 352 g/mol. The minimum absolute atomic E-state index is 0.0204. The molecule has 4 N–H and O–H groups in total. The lowest BCUT2D eigenvalue weighted by molar-refractivity contribution is -0.126. The maximum atomic E-state index is 12.4. The van der Waals surface area contributed by atoms with E-state index in [0.717, 1.165) is 24.8 Å². The van der Waals surface area contributed by atoms with Gasteiger partial charge in [-0.2, -0.15) is 0 Å². The third kappa shape index (κ3) is 4.46. The molecule has 2 amide bonds. The van der Waals surface area contributed by atoms with Gasteiger partial charge in [0.1, 0.15) is 5.69 Å². The van der Waals surface area contributed by atoms with Crippen LogP contribution in [-0.2, 0) is 11.3 Å². The van der Waals surface area contributed by atoms with Gasteiger partial charge in [0.2, 0.25) is 5.91 Å². The molecule has 1 fully saturated rings. The van der Waals surface area contributed by atoms with Crippen molar-refractivity contribution >= 4 is 17.5 Å². The van der Waals surface area contributed by atoms with Gasteiger partial charge in [0.25, 0.3) is 5.91 Å². The van der Waals surface area contributed by atoms with Crippen LogP contribution >= 0.6 is 0 Å². The maximum absolute atomic E-state index is 12.4. The highest BCUT2D eigenvalue weighted by molar-refractivity contribution is 6.02. The summed E-state index contributed by atoms with van der Waals surface area (Å²) in [6.07, 6.45) is 4.59. The second-order valence-corrected chi connectivity index (χ2v) is 6.62. The average molecular weight is 352 g/mol. The van der Waals surface area contributed by atoms with E-state index in [1.807, 2.05) is 24.3 Å². The summed E-state index contributed by atoms with van der Waals surface area (Å²) >= 11 is 0. The van der Waals surface area contributed by atoms with Crippen molar-refractivity contribution in [2.75, 3.05) is 11.9 Å². The lowest BCUT2D eigenvalue weighted by Gasteiger charge is -2.17. The van der Waals surface area contributed by atoms with Crippen molar-refractivity contribution in [3.05, 3.63) is 59.9 Å². The number of benzene rings is 1. The molecule has 2 atom stereocenters. The number of anilines is 1. The van der Waals surface area contributed by atoms with Crippen molar-refractivity contribution in [1.82, 2.24) is 10.3 Å². The van der Waals surface area contributed by atoms with E-state index in [2.05, 4.69) is 15.6 Å². The SMILES string of the molecule is NC[C@H]1CCC[C@H]1C(=O)NCc1cccc(NC(=O)c2ccccn2)c1. The van der Waals surface area contributed by atoms with E-state index >= 15 is 0 Å². The van der Waals surface area contributed by atoms with Crippen molar-refractivity contribution in [3.8, 4) is 0 Å². The zero-order chi connectivity index (χ0) is 18.4. The van der Waals surface area contributed by atoms with Crippen LogP contribution in [0.5, 0.6) is 0 Å². The lowest BCUT2D eigenvalue weighted by Crippen LogP contribution is -2.34. The summed E-state index contributed by atoms with van der Waals surface area (Å²) in [4.78, 5) is 28.6. The minimum atomic E-state index is -0.261. The molecule has 1 aliphatic carbocycles. The number of hydrogen-bond acceptors (Lipinski definition) is 4. The summed E-state index contributed by atoms with van der Waals surface area (Å²) in [5, 5.41) is 5.82. The largest absolute Gasteiger partial charge is 0.352 e. The number of amides is 2. The van der Waals surface area contributed by atoms with Crippen LogP contribution in [0, 0.1) is 11.8 Å². The molecule has 1 heterocycles. The van der Waals surface area contributed by atoms with Gasteiger partial charge < -0.3 is 16.4 Å². The highest BCUT2D eigenvalue weighted by Crippen LogP contribution is 2.31. The Hall–Kier alpha value is -2.73. The molecule has 2 aromatic rings. The Bertz CT molecular complexity index is 763. The predicted molar refractivity (Wildman–Crippen MR) is 100 cm³/mol. The standard InChI is InChI=1S/C20H24N4O2/c21-12-15-6-4-8-17(15)19(25)23-13-14-5-3-7-16(11-14)24-20(26)18-9-1-2-10-22-18/h1-3,5,7,9-11,15,17H,4,6,8,12-13,21H2,(H,23,25)(H,24,26)/t15-,17-/m1/s1. The number of nitrogens with one attached hydrogen (secondary N) is 2. The summed E-state index contributed by atoms with van der Waals surface area (Å²) in [6.45, 7) is 0.993. The number of pyridine rings is 1. The Balaban J connectivity index is 1.57. The molecule has 136 valence electrons. The molecular weight excluding hydrogens is 328 g/mol. The fourth-order valence-corrected chi connectivity index (χ4v) is 3.44. The highest BCUT2D eigenvalue weighted by Gasteiger charge is 2.31. The predicted octanol–water partition coefficient (Wildman–Crippen LogP) is 2.33. The maximum Gasteiger partial charge on any atom is 0.274 e. The molecule has 1 aliphatic rings. The highest BCUT2D eigenvalue weighted by atomic mass is 16.2. The molecule has 3 rings (SSSR count). The van der Waals surface area contributed by atoms with Gasteiger partial charge in [0.15, 0.2) is 0 Å². The van der Waals surface area contributed by atoms with Gasteiger partial charge >= 0.3 is 0 Å². The molecule has 0 saturated heterocycles. The van der Waals surface area contributed by atoms with E-state index in [4.69, 9.17) is 5.73 Å². The molecule has 1 aromatic carbocycles. The second kappa shape index (κ2) is 8.58. The topological polar surface area (TPSA) is 97.1 Å². The second-order valence-electron chi connectivity index (χ2n) is 6.62. The molecule has 1 aromatic heterocycles.